The lowest BCUT2D eigenvalue weighted by Crippen LogP contribution is -2.39. The molecular weight excluding hydrogens is 559 g/mol. The first-order valence-corrected chi connectivity index (χ1v) is 15.1. The van der Waals surface area contributed by atoms with Crippen molar-refractivity contribution in [2.75, 3.05) is 11.9 Å². The molecule has 1 saturated heterocycles. The van der Waals surface area contributed by atoms with Gasteiger partial charge in [-0.1, -0.05) is 35.6 Å². The summed E-state index contributed by atoms with van der Waals surface area (Å²) >= 11 is 7.89. The lowest BCUT2D eigenvalue weighted by molar-refractivity contribution is 0.306. The molecule has 0 unspecified atom stereocenters. The van der Waals surface area contributed by atoms with E-state index >= 15 is 0 Å². The van der Waals surface area contributed by atoms with Crippen LogP contribution in [0.1, 0.15) is 37.1 Å². The second kappa shape index (κ2) is 11.5. The van der Waals surface area contributed by atoms with Gasteiger partial charge in [0, 0.05) is 12.2 Å². The summed E-state index contributed by atoms with van der Waals surface area (Å²) in [6, 6.07) is 13.1. The fraction of sp³-hybridized carbons (Fsp3) is 0.286. The monoisotopic (exact) mass is 584 g/mol. The van der Waals surface area contributed by atoms with Crippen molar-refractivity contribution >= 4 is 54.7 Å². The van der Waals surface area contributed by atoms with E-state index in [0.29, 0.717) is 34.4 Å². The van der Waals surface area contributed by atoms with Crippen molar-refractivity contribution in [2.45, 2.75) is 44.6 Å². The Morgan fingerprint density at radius 2 is 2.08 bits per heavy atom. The van der Waals surface area contributed by atoms with Gasteiger partial charge in [0.25, 0.3) is 0 Å². The minimum absolute atomic E-state index is 0.192. The second-order valence-electron chi connectivity index (χ2n) is 9.37. The number of nitrogens with one attached hydrogen (secondary N) is 1. The van der Waals surface area contributed by atoms with E-state index in [0.717, 1.165) is 27.9 Å². The summed E-state index contributed by atoms with van der Waals surface area (Å²) < 4.78 is 46.9. The topological polar surface area (TPSA) is 84.4 Å². The van der Waals surface area contributed by atoms with Crippen LogP contribution in [0.4, 0.5) is 15.9 Å². The largest absolute Gasteiger partial charge is 0.487 e. The van der Waals surface area contributed by atoms with Crippen LogP contribution in [-0.4, -0.2) is 40.5 Å². The van der Waals surface area contributed by atoms with Crippen molar-refractivity contribution in [2.24, 2.45) is 0 Å². The molecule has 7 nitrogen and oxygen atoms in total. The van der Waals surface area contributed by atoms with E-state index in [9.17, 15) is 12.8 Å². The third-order valence-corrected chi connectivity index (χ3v) is 9.90. The number of hydrogen-bond acceptors (Lipinski definition) is 7. The van der Waals surface area contributed by atoms with Gasteiger partial charge in [0.2, 0.25) is 10.0 Å². The number of rotatable bonds is 7. The molecule has 202 valence electrons. The van der Waals surface area contributed by atoms with E-state index in [1.165, 1.54) is 34.1 Å². The van der Waals surface area contributed by atoms with Crippen LogP contribution in [-0.2, 0) is 16.6 Å². The first kappa shape index (κ1) is 27.3. The summed E-state index contributed by atoms with van der Waals surface area (Å²) in [4.78, 5) is 9.54. The highest BCUT2D eigenvalue weighted by atomic mass is 35.5. The van der Waals surface area contributed by atoms with E-state index < -0.39 is 15.3 Å². The Labute approximate surface area is 236 Å². The number of benzene rings is 2. The summed E-state index contributed by atoms with van der Waals surface area (Å²) in [6.45, 7) is 4.08. The molecule has 4 aromatic rings. The highest BCUT2D eigenvalue weighted by Crippen LogP contribution is 2.34. The van der Waals surface area contributed by atoms with Gasteiger partial charge in [0.05, 0.1) is 31.4 Å². The molecule has 39 heavy (non-hydrogen) atoms. The molecule has 0 spiro atoms. The molecule has 1 atom stereocenters. The first-order chi connectivity index (χ1) is 18.7. The van der Waals surface area contributed by atoms with Gasteiger partial charge < -0.3 is 10.1 Å². The molecule has 0 aliphatic carbocycles. The zero-order chi connectivity index (χ0) is 27.6. The Hall–Kier alpha value is -3.23. The van der Waals surface area contributed by atoms with Gasteiger partial charge >= 0.3 is 0 Å². The fourth-order valence-corrected chi connectivity index (χ4v) is 6.83. The minimum atomic E-state index is -3.36. The van der Waals surface area contributed by atoms with E-state index in [2.05, 4.69) is 27.1 Å². The number of sulfonamides is 1. The van der Waals surface area contributed by atoms with Crippen molar-refractivity contribution in [1.29, 1.82) is 0 Å². The van der Waals surface area contributed by atoms with Gasteiger partial charge in [0.1, 0.15) is 24.5 Å². The number of fused-ring (bicyclic) bond motifs is 1. The van der Waals surface area contributed by atoms with Crippen LogP contribution in [0.15, 0.2) is 54.9 Å². The molecule has 1 aliphatic heterocycles. The van der Waals surface area contributed by atoms with Crippen molar-refractivity contribution in [3.63, 3.8) is 0 Å². The third kappa shape index (κ3) is 6.17. The fourth-order valence-electron chi connectivity index (χ4n) is 4.24. The molecule has 2 aromatic heterocycles. The minimum Gasteiger partial charge on any atom is -0.487 e. The molecule has 1 fully saturated rings. The number of thiophene rings is 1. The number of anilines is 2. The Bertz CT molecular complexity index is 1680. The zero-order valence-corrected chi connectivity index (χ0v) is 23.7. The molecule has 3 heterocycles. The van der Waals surface area contributed by atoms with Crippen LogP contribution >= 0.6 is 22.9 Å². The van der Waals surface area contributed by atoms with Gasteiger partial charge in [-0.25, -0.2) is 22.8 Å². The smallest absolute Gasteiger partial charge is 0.217 e. The lowest BCUT2D eigenvalue weighted by atomic mass is 10.2. The molecule has 11 heteroatoms. The average Bonchev–Trinajstić information content (AvgIpc) is 3.55. The maximum atomic E-state index is 13.4. The van der Waals surface area contributed by atoms with Gasteiger partial charge in [0.15, 0.2) is 5.82 Å². The average molecular weight is 585 g/mol. The highest BCUT2D eigenvalue weighted by molar-refractivity contribution is 7.89. The maximum Gasteiger partial charge on any atom is 0.217 e. The molecule has 5 rings (SSSR count). The SMILES string of the molecule is CC(C)S(=O)(=O)N1CCC[C@@H]1C#Cc1cc2ncnc(Nc3ccc(OCc4cccc(F)c4)c(Cl)c3)c2s1. The van der Waals surface area contributed by atoms with Gasteiger partial charge in [-0.05, 0) is 68.7 Å². The predicted octanol–water partition coefficient (Wildman–Crippen LogP) is 6.36. The quantitative estimate of drug-likeness (QED) is 0.254. The number of halogens is 2. The van der Waals surface area contributed by atoms with Crippen LogP contribution in [0.3, 0.4) is 0 Å². The van der Waals surface area contributed by atoms with Gasteiger partial charge in [-0.15, -0.1) is 11.3 Å². The van der Waals surface area contributed by atoms with E-state index in [1.807, 2.05) is 12.1 Å². The van der Waals surface area contributed by atoms with Crippen molar-refractivity contribution in [3.05, 3.63) is 76.1 Å². The predicted molar refractivity (Wildman–Crippen MR) is 154 cm³/mol. The van der Waals surface area contributed by atoms with Crippen LogP contribution in [0.5, 0.6) is 5.75 Å². The highest BCUT2D eigenvalue weighted by Gasteiger charge is 2.35. The standard InChI is InChI=1S/C28H26ClFN4O3S2/c1-18(2)39(35,36)34-12-4-7-22(34)9-10-23-15-25-27(38-23)28(32-17-31-25)33-21-8-11-26(24(29)14-21)37-16-19-5-3-6-20(30)13-19/h3,5-6,8,11,13-15,17-18,22H,4,7,12,16H2,1-2H3,(H,31,32,33)/t22-/m1/s1. The van der Waals surface area contributed by atoms with E-state index in [1.54, 1.807) is 38.1 Å². The molecular formula is C28H26ClFN4O3S2. The summed E-state index contributed by atoms with van der Waals surface area (Å²) in [5.41, 5.74) is 2.15. The molecule has 2 aromatic carbocycles. The maximum absolute atomic E-state index is 13.4. The van der Waals surface area contributed by atoms with Gasteiger partial charge in [-0.2, -0.15) is 4.31 Å². The Balaban J connectivity index is 1.31. The Kier molecular flexibility index (Phi) is 8.05. The number of nitrogens with zero attached hydrogens (tertiary/aromatic N) is 3. The molecule has 0 radical (unpaired) electrons. The normalized spacial score (nSPS) is 15.9. The first-order valence-electron chi connectivity index (χ1n) is 12.4. The second-order valence-corrected chi connectivity index (χ2v) is 13.3. The zero-order valence-electron chi connectivity index (χ0n) is 21.3. The molecule has 0 bridgehead atoms. The van der Waals surface area contributed by atoms with Crippen LogP contribution in [0.2, 0.25) is 5.02 Å². The van der Waals surface area contributed by atoms with Crippen molar-refractivity contribution < 1.29 is 17.5 Å². The third-order valence-electron chi connectivity index (χ3n) is 6.28. The van der Waals surface area contributed by atoms with E-state index in [4.69, 9.17) is 16.3 Å². The molecule has 0 saturated carbocycles. The van der Waals surface area contributed by atoms with Gasteiger partial charge in [-0.3, -0.25) is 0 Å². The summed E-state index contributed by atoms with van der Waals surface area (Å²) in [6.07, 6.45) is 2.99. The molecule has 1 N–H and O–H groups in total. The number of ether oxygens (including phenoxy) is 1. The van der Waals surface area contributed by atoms with Crippen molar-refractivity contribution in [1.82, 2.24) is 14.3 Å². The lowest BCUT2D eigenvalue weighted by Gasteiger charge is -2.22. The number of hydrogen-bond donors (Lipinski definition) is 1. The Morgan fingerprint density at radius 1 is 1.23 bits per heavy atom. The molecule has 0 amide bonds. The summed E-state index contributed by atoms with van der Waals surface area (Å²) in [7, 11) is -3.36. The van der Waals surface area contributed by atoms with Crippen LogP contribution in [0, 0.1) is 17.7 Å². The number of aromatic nitrogens is 2. The van der Waals surface area contributed by atoms with Crippen molar-refractivity contribution in [3.8, 4) is 17.6 Å². The summed E-state index contributed by atoms with van der Waals surface area (Å²) in [5, 5.41) is 3.20. The van der Waals surface area contributed by atoms with Crippen LogP contribution < -0.4 is 10.1 Å². The van der Waals surface area contributed by atoms with E-state index in [-0.39, 0.29) is 18.5 Å². The summed E-state index contributed by atoms with van der Waals surface area (Å²) in [5.74, 6) is 7.09. The molecule has 1 aliphatic rings. The Morgan fingerprint density at radius 3 is 2.85 bits per heavy atom. The van der Waals surface area contributed by atoms with Crippen LogP contribution in [0.25, 0.3) is 10.2 Å².